The molecule has 9 aromatic carbocycles. The number of ether oxygens (including phenoxy) is 8. The predicted molar refractivity (Wildman–Crippen MR) is 535 cm³/mol. The molecule has 0 aliphatic carbocycles. The van der Waals surface area contributed by atoms with E-state index in [-0.39, 0.29) is 61.8 Å². The van der Waals surface area contributed by atoms with Crippen molar-refractivity contribution in [3.8, 4) is 40.6 Å². The molecule has 0 fully saturated rings. The van der Waals surface area contributed by atoms with Crippen molar-refractivity contribution in [2.75, 3.05) is 84.2 Å². The maximum Gasteiger partial charge on any atom is 0.416 e. The number of alkyl halides is 2. The molecule has 0 radical (unpaired) electrons. The molecule has 0 saturated heterocycles. The van der Waals surface area contributed by atoms with Crippen molar-refractivity contribution in [2.45, 2.75) is 116 Å². The van der Waals surface area contributed by atoms with Crippen molar-refractivity contribution < 1.29 is 57.1 Å². The smallest absolute Gasteiger partial charge is 0.416 e. The van der Waals surface area contributed by atoms with E-state index in [1.165, 1.54) is 34.9 Å². The second-order valence-corrected chi connectivity index (χ2v) is 35.6. The number of carbonyl (C=O) groups excluding carboxylic acids is 4. The Balaban J connectivity index is 0.000000133. The summed E-state index contributed by atoms with van der Waals surface area (Å²) in [6.07, 6.45) is 13.4. The van der Waals surface area contributed by atoms with Gasteiger partial charge in [-0.3, -0.25) is 29.0 Å². The monoisotopic (exact) mass is 1960 g/mol. The van der Waals surface area contributed by atoms with Gasteiger partial charge in [-0.25, -0.2) is 29.1 Å². The van der Waals surface area contributed by atoms with E-state index in [1.54, 1.807) is 49.7 Å². The Bertz CT molecular complexity index is 6700. The van der Waals surface area contributed by atoms with Gasteiger partial charge in [-0.15, -0.1) is 29.1 Å². The second-order valence-electron chi connectivity index (χ2n) is 33.1. The molecule has 0 saturated carbocycles. The number of aromatic amines is 4. The molecular formula is C105H104Cl6N14O12. The standard InChI is InChI=1S/C30H28ClN5O3.C26H28ClN5O3.C25H24Cl2N2O3.C24H24Cl2N2O3/c1-20-3-8-24(9-4-20)39-30(37)36-15-13-25-26-17-22(31)7-12-27(26)34-28(25)29(36)21-5-10-23(11-6-21)38-16-2-14-35-19-32-18-33-35;1-2-13-35-26(33)32-12-10-21-22-15-19(27)6-9-23(22)30-24(21)25(32)18-4-7-20(8-5-18)34-14-3-11-31-17-28-16-29-31;1-2-3-14-32-25(30)29-13-11-20-21-16-18(27)7-10-22(21)28-23(20)24(29)17-5-8-19(9-6-17)31-15-4-12-26;1-2-13-31-24(29)28-12-10-19-20-15-17(26)6-9-21(20)27-22(19)23(28)16-4-7-18(8-5-16)30-14-3-11-25/h3-12,17-19,29,34H,2,13-16H2,1H3;4-9,15-17,25,30H,2-3,10-14H2,1H3;5-10,16,24,28H,4,11-15H2,1H3;2,4-9,15,23,27H,1,3,10-14H2. The van der Waals surface area contributed by atoms with Gasteiger partial charge >= 0.3 is 24.4 Å². The lowest BCUT2D eigenvalue weighted by atomic mass is 9.92. The summed E-state index contributed by atoms with van der Waals surface area (Å²) in [4.78, 5) is 81.4. The van der Waals surface area contributed by atoms with Crippen molar-refractivity contribution in [3.05, 3.63) is 325 Å². The van der Waals surface area contributed by atoms with Crippen molar-refractivity contribution >= 4 is 138 Å². The fourth-order valence-corrected chi connectivity index (χ4v) is 18.6. The zero-order chi connectivity index (χ0) is 95.3. The molecule has 4 unspecified atom stereocenters. The Morgan fingerprint density at radius 2 is 0.737 bits per heavy atom. The van der Waals surface area contributed by atoms with Crippen LogP contribution in [0.5, 0.6) is 28.7 Å². The second kappa shape index (κ2) is 46.5. The molecule has 32 heteroatoms. The lowest BCUT2D eigenvalue weighted by Crippen LogP contribution is -2.42. The van der Waals surface area contributed by atoms with Gasteiger partial charge in [0.1, 0.15) is 84.8 Å². The van der Waals surface area contributed by atoms with Crippen LogP contribution in [0.3, 0.4) is 0 Å². The summed E-state index contributed by atoms with van der Waals surface area (Å²) in [5, 5.41) is 15.3. The number of nitrogens with one attached hydrogen (secondary N) is 4. The van der Waals surface area contributed by atoms with Crippen molar-refractivity contribution in [2.24, 2.45) is 0 Å². The van der Waals surface area contributed by atoms with Gasteiger partial charge in [-0.2, -0.15) is 10.2 Å². The Morgan fingerprint density at radius 1 is 0.416 bits per heavy atom. The van der Waals surface area contributed by atoms with Crippen molar-refractivity contribution in [3.63, 3.8) is 0 Å². The van der Waals surface area contributed by atoms with Gasteiger partial charge in [0.15, 0.2) is 6.61 Å². The van der Waals surface area contributed by atoms with E-state index in [4.69, 9.17) is 108 Å². The van der Waals surface area contributed by atoms with Crippen LogP contribution in [0.2, 0.25) is 20.1 Å². The number of halogens is 6. The molecule has 10 heterocycles. The summed E-state index contributed by atoms with van der Waals surface area (Å²) in [7, 11) is 0. The molecule has 15 aromatic rings. The van der Waals surface area contributed by atoms with Crippen LogP contribution in [0.1, 0.15) is 143 Å². The van der Waals surface area contributed by atoms with Crippen LogP contribution in [0.25, 0.3) is 43.6 Å². The zero-order valence-corrected chi connectivity index (χ0v) is 80.5. The molecule has 26 nitrogen and oxygen atoms in total. The van der Waals surface area contributed by atoms with E-state index in [1.807, 2.05) is 213 Å². The highest BCUT2D eigenvalue weighted by atomic mass is 35.5. The summed E-state index contributed by atoms with van der Waals surface area (Å²) in [6.45, 7) is 15.9. The number of H-pyrrole nitrogens is 4. The van der Waals surface area contributed by atoms with Gasteiger partial charge in [0.2, 0.25) is 0 Å². The van der Waals surface area contributed by atoms with Gasteiger partial charge in [0.25, 0.3) is 0 Å². The number of fused-ring (bicyclic) bond motifs is 12. The first-order chi connectivity index (χ1) is 66.9. The minimum atomic E-state index is -0.389. The number of aryl methyl sites for hydroxylation is 3. The number of hydrogen-bond donors (Lipinski definition) is 4. The highest BCUT2D eigenvalue weighted by Crippen LogP contribution is 2.46. The highest BCUT2D eigenvalue weighted by molar-refractivity contribution is 6.32. The normalized spacial score (nSPS) is 15.2. The summed E-state index contributed by atoms with van der Waals surface area (Å²) in [6, 6.07) is 61.1. The molecule has 4 N–H and O–H groups in total. The molecular weight excluding hydrogens is 1860 g/mol. The van der Waals surface area contributed by atoms with Gasteiger partial charge in [-0.05, 0) is 237 Å². The Labute approximate surface area is 823 Å². The number of amides is 4. The number of aromatic nitrogens is 10. The van der Waals surface area contributed by atoms with Crippen molar-refractivity contribution in [1.82, 2.24) is 69.1 Å². The molecule has 4 amide bonds. The van der Waals surface area contributed by atoms with Crippen LogP contribution in [0.4, 0.5) is 19.2 Å². The Hall–Kier alpha value is -13.3. The van der Waals surface area contributed by atoms with Gasteiger partial charge in [-0.1, -0.05) is 138 Å². The summed E-state index contributed by atoms with van der Waals surface area (Å²) >= 11 is 36.6. The maximum atomic E-state index is 13.5. The molecule has 0 bridgehead atoms. The lowest BCUT2D eigenvalue weighted by molar-refractivity contribution is 0.0888. The topological polar surface area (TPSA) is 280 Å². The average molecular weight is 1970 g/mol. The summed E-state index contributed by atoms with van der Waals surface area (Å²) in [5.41, 5.74) is 17.7. The zero-order valence-electron chi connectivity index (χ0n) is 76.0. The first-order valence-electron chi connectivity index (χ1n) is 45.7. The highest BCUT2D eigenvalue weighted by Gasteiger charge is 2.41. The SMILES string of the molecule is C=CCOC(=O)N1CCc2c([nH]c3ccc(Cl)cc23)C1c1ccc(OCCCCl)cc1.CC#CCOC(=O)N1CCc2c([nH]c3ccc(Cl)cc23)C1c1ccc(OCCCCl)cc1.CCCOC(=O)N1CCc2c([nH]c3ccc(Cl)cc23)C1c1ccc(OCCCn2cncn2)cc1.Cc1ccc(OC(=O)N2CCc3c([nH]c4ccc(Cl)cc34)C2c2ccc(OCCCn3cncn3)cc2)cc1. The van der Waals surface area contributed by atoms with Gasteiger partial charge in [0, 0.05) is 150 Å². The minimum absolute atomic E-state index is 0.0705. The van der Waals surface area contributed by atoms with Gasteiger partial charge in [0.05, 0.1) is 33.0 Å². The van der Waals surface area contributed by atoms with Crippen molar-refractivity contribution in [1.29, 1.82) is 0 Å². The van der Waals surface area contributed by atoms with Gasteiger partial charge < -0.3 is 57.8 Å². The van der Waals surface area contributed by atoms with E-state index >= 15 is 0 Å². The van der Waals surface area contributed by atoms with E-state index in [2.05, 4.69) is 58.5 Å². The number of benzene rings is 9. The predicted octanol–water partition coefficient (Wildman–Crippen LogP) is 23.7. The minimum Gasteiger partial charge on any atom is -0.494 e. The number of hydrogen-bond acceptors (Lipinski definition) is 16. The fraction of sp³-hybridized carbons (Fsp3) is 0.295. The van der Waals surface area contributed by atoms with Crippen LogP contribution in [-0.2, 0) is 53.0 Å². The van der Waals surface area contributed by atoms with E-state index in [9.17, 15) is 19.2 Å². The molecule has 708 valence electrons. The molecule has 0 spiro atoms. The first kappa shape index (κ1) is 96.8. The van der Waals surface area contributed by atoms with Crippen LogP contribution in [0, 0.1) is 18.8 Å². The van der Waals surface area contributed by atoms with Crippen LogP contribution >= 0.6 is 69.6 Å². The average Bonchev–Trinajstić information content (AvgIpc) is 1.62. The van der Waals surface area contributed by atoms with E-state index < -0.39 is 0 Å². The molecule has 6 aromatic heterocycles. The number of rotatable bonds is 28. The molecule has 19 rings (SSSR count). The fourth-order valence-electron chi connectivity index (χ4n) is 17.7. The third kappa shape index (κ3) is 23.5. The Kier molecular flexibility index (Phi) is 32.9. The van der Waals surface area contributed by atoms with E-state index in [0.717, 1.165) is 175 Å². The molecule has 4 aliphatic heterocycles. The number of nitrogens with zero attached hydrogens (tertiary/aromatic N) is 10. The third-order valence-electron chi connectivity index (χ3n) is 24.1. The van der Waals surface area contributed by atoms with Crippen LogP contribution in [-0.4, -0.2) is 178 Å². The molecule has 4 aliphatic rings. The summed E-state index contributed by atoms with van der Waals surface area (Å²) < 4.78 is 49.0. The van der Waals surface area contributed by atoms with E-state index in [0.29, 0.717) is 110 Å². The van der Waals surface area contributed by atoms with Crippen LogP contribution in [0.15, 0.2) is 232 Å². The Morgan fingerprint density at radius 3 is 1.05 bits per heavy atom. The summed E-state index contributed by atoms with van der Waals surface area (Å²) in [5.74, 6) is 10.3. The molecule has 4 atom stereocenters. The quantitative estimate of drug-likeness (QED) is 0.0117. The third-order valence-corrected chi connectivity index (χ3v) is 25.6. The first-order valence-corrected chi connectivity index (χ1v) is 48.2. The van der Waals surface area contributed by atoms with Crippen LogP contribution < -0.4 is 23.7 Å². The number of carbonyl (C=O) groups is 4. The molecule has 137 heavy (non-hydrogen) atoms. The lowest BCUT2D eigenvalue weighted by Gasteiger charge is -2.35. The maximum absolute atomic E-state index is 13.5. The largest absolute Gasteiger partial charge is 0.494 e.